The monoisotopic (exact) mass is 289 g/mol. The third-order valence-electron chi connectivity index (χ3n) is 3.18. The molecule has 0 unspecified atom stereocenters. The molecule has 6 nitrogen and oxygen atoms in total. The van der Waals surface area contributed by atoms with E-state index in [1.165, 1.54) is 9.13 Å². The van der Waals surface area contributed by atoms with Crippen molar-refractivity contribution in [2.75, 3.05) is 6.61 Å². The van der Waals surface area contributed by atoms with Crippen LogP contribution < -0.4 is 21.6 Å². The largest absolute Gasteiger partial charge is 0.494 e. The number of rotatable bonds is 6. The number of hydrogen-bond donors (Lipinski definition) is 1. The van der Waals surface area contributed by atoms with E-state index >= 15 is 0 Å². The molecule has 0 aliphatic carbocycles. The van der Waals surface area contributed by atoms with Crippen LogP contribution in [0.4, 0.5) is 0 Å². The Bertz CT molecular complexity index is 719. The zero-order valence-electron chi connectivity index (χ0n) is 12.0. The van der Waals surface area contributed by atoms with Crippen LogP contribution in [0.1, 0.15) is 12.0 Å². The lowest BCUT2D eigenvalue weighted by molar-refractivity contribution is 0.300. The van der Waals surface area contributed by atoms with Crippen molar-refractivity contribution in [3.8, 4) is 5.75 Å². The Balaban J connectivity index is 1.89. The van der Waals surface area contributed by atoms with Crippen molar-refractivity contribution < 1.29 is 4.74 Å². The maximum atomic E-state index is 11.7. The van der Waals surface area contributed by atoms with E-state index in [1.807, 2.05) is 24.3 Å². The summed E-state index contributed by atoms with van der Waals surface area (Å²) >= 11 is 0. The molecule has 21 heavy (non-hydrogen) atoms. The molecule has 0 saturated carbocycles. The molecule has 6 heteroatoms. The van der Waals surface area contributed by atoms with Gasteiger partial charge in [0.2, 0.25) is 0 Å². The van der Waals surface area contributed by atoms with E-state index in [0.717, 1.165) is 11.3 Å². The molecule has 0 atom stereocenters. The van der Waals surface area contributed by atoms with Gasteiger partial charge >= 0.3 is 11.1 Å². The van der Waals surface area contributed by atoms with Crippen molar-refractivity contribution in [3.63, 3.8) is 0 Å². The fraction of sp³-hybridized carbons (Fsp3) is 0.333. The normalized spacial score (nSPS) is 10.6. The minimum absolute atomic E-state index is 0.450. The number of nitrogens with zero attached hydrogens (tertiary/aromatic N) is 2. The summed E-state index contributed by atoms with van der Waals surface area (Å²) in [6, 6.07) is 7.59. The molecule has 0 aliphatic heterocycles. The lowest BCUT2D eigenvalue weighted by Gasteiger charge is -2.09. The number of hydrogen-bond acceptors (Lipinski definition) is 4. The van der Waals surface area contributed by atoms with Crippen molar-refractivity contribution >= 4 is 0 Å². The van der Waals surface area contributed by atoms with Crippen LogP contribution in [0.15, 0.2) is 46.2 Å². The summed E-state index contributed by atoms with van der Waals surface area (Å²) in [4.78, 5) is 23.2. The molecule has 2 rings (SSSR count). The van der Waals surface area contributed by atoms with Crippen molar-refractivity contribution in [3.05, 3.63) is 62.9 Å². The molecule has 0 aliphatic rings. The average molecular weight is 289 g/mol. The molecule has 112 valence electrons. The van der Waals surface area contributed by atoms with Gasteiger partial charge in [0.1, 0.15) is 5.75 Å². The summed E-state index contributed by atoms with van der Waals surface area (Å²) in [6.45, 7) is 1.39. The molecule has 0 radical (unpaired) electrons. The van der Waals surface area contributed by atoms with Gasteiger partial charge in [-0.1, -0.05) is 12.1 Å². The van der Waals surface area contributed by atoms with Crippen molar-refractivity contribution in [2.24, 2.45) is 12.8 Å². The lowest BCUT2D eigenvalue weighted by Crippen LogP contribution is -2.39. The van der Waals surface area contributed by atoms with Gasteiger partial charge in [0.15, 0.2) is 0 Å². The van der Waals surface area contributed by atoms with Crippen LogP contribution in [-0.4, -0.2) is 15.7 Å². The standard InChI is InChI=1S/C15H19N3O3/c1-17-7-8-18(15(20)14(17)19)6-3-9-21-13-5-2-4-12(10-13)11-16/h2,4-5,7-8,10H,3,6,9,11,16H2,1H3. The highest BCUT2D eigenvalue weighted by Crippen LogP contribution is 2.12. The van der Waals surface area contributed by atoms with Crippen molar-refractivity contribution in [2.45, 2.75) is 19.5 Å². The highest BCUT2D eigenvalue weighted by molar-refractivity contribution is 5.28. The first-order chi connectivity index (χ1) is 10.1. The first kappa shape index (κ1) is 15.1. The lowest BCUT2D eigenvalue weighted by atomic mass is 10.2. The maximum absolute atomic E-state index is 11.7. The fourth-order valence-corrected chi connectivity index (χ4v) is 1.95. The minimum atomic E-state index is -0.519. The summed E-state index contributed by atoms with van der Waals surface area (Å²) < 4.78 is 8.29. The number of aryl methyl sites for hydroxylation is 2. The van der Waals surface area contributed by atoms with Crippen LogP contribution in [-0.2, 0) is 20.1 Å². The summed E-state index contributed by atoms with van der Waals surface area (Å²) in [5.41, 5.74) is 5.55. The first-order valence-corrected chi connectivity index (χ1v) is 6.79. The van der Waals surface area contributed by atoms with Crippen LogP contribution in [0, 0.1) is 0 Å². The number of nitrogens with two attached hydrogens (primary N) is 1. The molecule has 0 fully saturated rings. The topological polar surface area (TPSA) is 79.2 Å². The highest BCUT2D eigenvalue weighted by Gasteiger charge is 2.02. The smallest absolute Gasteiger partial charge is 0.316 e. The molecule has 1 aromatic carbocycles. The molecule has 2 aromatic rings. The molecular weight excluding hydrogens is 270 g/mol. The summed E-state index contributed by atoms with van der Waals surface area (Å²) in [7, 11) is 1.56. The van der Waals surface area contributed by atoms with Crippen LogP contribution in [0.5, 0.6) is 5.75 Å². The Hall–Kier alpha value is -2.34. The van der Waals surface area contributed by atoms with Gasteiger partial charge in [0.25, 0.3) is 0 Å². The molecule has 0 bridgehead atoms. The fourth-order valence-electron chi connectivity index (χ4n) is 1.95. The van der Waals surface area contributed by atoms with Gasteiger partial charge in [-0.15, -0.1) is 0 Å². The third kappa shape index (κ3) is 3.82. The van der Waals surface area contributed by atoms with Crippen LogP contribution >= 0.6 is 0 Å². The van der Waals surface area contributed by atoms with Gasteiger partial charge in [-0.2, -0.15) is 0 Å². The third-order valence-corrected chi connectivity index (χ3v) is 3.18. The predicted octanol–water partition coefficient (Wildman–Crippen LogP) is 0.475. The second kappa shape index (κ2) is 6.90. The predicted molar refractivity (Wildman–Crippen MR) is 80.4 cm³/mol. The number of benzene rings is 1. The molecule has 2 N–H and O–H groups in total. The maximum Gasteiger partial charge on any atom is 0.316 e. The van der Waals surface area contributed by atoms with Crippen LogP contribution in [0.25, 0.3) is 0 Å². The first-order valence-electron chi connectivity index (χ1n) is 6.79. The summed E-state index contributed by atoms with van der Waals surface area (Å²) in [5, 5.41) is 0. The van der Waals surface area contributed by atoms with Gasteiger partial charge in [0, 0.05) is 32.5 Å². The summed E-state index contributed by atoms with van der Waals surface area (Å²) in [5.74, 6) is 0.759. The second-order valence-corrected chi connectivity index (χ2v) is 4.77. The number of ether oxygens (including phenoxy) is 1. The molecule has 0 saturated heterocycles. The summed E-state index contributed by atoms with van der Waals surface area (Å²) in [6.07, 6.45) is 3.83. The Morgan fingerprint density at radius 2 is 2.00 bits per heavy atom. The Morgan fingerprint density at radius 1 is 1.19 bits per heavy atom. The molecule has 1 heterocycles. The van der Waals surface area contributed by atoms with E-state index < -0.39 is 11.1 Å². The van der Waals surface area contributed by atoms with Gasteiger partial charge in [-0.05, 0) is 24.1 Å². The molecule has 0 spiro atoms. The zero-order chi connectivity index (χ0) is 15.2. The highest BCUT2D eigenvalue weighted by atomic mass is 16.5. The average Bonchev–Trinajstić information content (AvgIpc) is 2.51. The van der Waals surface area contributed by atoms with E-state index in [2.05, 4.69) is 0 Å². The van der Waals surface area contributed by atoms with Crippen molar-refractivity contribution in [1.29, 1.82) is 0 Å². The zero-order valence-corrected chi connectivity index (χ0v) is 12.0. The van der Waals surface area contributed by atoms with E-state index in [9.17, 15) is 9.59 Å². The van der Waals surface area contributed by atoms with E-state index in [1.54, 1.807) is 19.4 Å². The Kier molecular flexibility index (Phi) is 4.94. The van der Waals surface area contributed by atoms with Crippen LogP contribution in [0.2, 0.25) is 0 Å². The van der Waals surface area contributed by atoms with E-state index in [-0.39, 0.29) is 0 Å². The number of aromatic nitrogens is 2. The van der Waals surface area contributed by atoms with Gasteiger partial charge in [-0.25, -0.2) is 0 Å². The van der Waals surface area contributed by atoms with Gasteiger partial charge in [0.05, 0.1) is 6.61 Å². The van der Waals surface area contributed by atoms with Gasteiger partial charge in [-0.3, -0.25) is 9.59 Å². The minimum Gasteiger partial charge on any atom is -0.494 e. The van der Waals surface area contributed by atoms with Crippen molar-refractivity contribution in [1.82, 2.24) is 9.13 Å². The quantitative estimate of drug-likeness (QED) is 0.619. The second-order valence-electron chi connectivity index (χ2n) is 4.77. The Morgan fingerprint density at radius 3 is 2.76 bits per heavy atom. The SMILES string of the molecule is Cn1ccn(CCCOc2cccc(CN)c2)c(=O)c1=O. The molecule has 1 aromatic heterocycles. The van der Waals surface area contributed by atoms with E-state index in [0.29, 0.717) is 26.1 Å². The van der Waals surface area contributed by atoms with Crippen LogP contribution in [0.3, 0.4) is 0 Å². The van der Waals surface area contributed by atoms with E-state index in [4.69, 9.17) is 10.5 Å². The molecule has 0 amide bonds. The Labute approximate surface area is 122 Å². The molecular formula is C15H19N3O3. The van der Waals surface area contributed by atoms with Gasteiger partial charge < -0.3 is 19.6 Å².